The van der Waals surface area contributed by atoms with Crippen molar-refractivity contribution in [2.24, 2.45) is 5.92 Å². The normalized spacial score (nSPS) is 18.9. The minimum Gasteiger partial charge on any atom is -0.370 e. The summed E-state index contributed by atoms with van der Waals surface area (Å²) < 4.78 is 1.02. The molecule has 2 rings (SSSR count). The van der Waals surface area contributed by atoms with Gasteiger partial charge >= 0.3 is 0 Å². The number of pyridine rings is 1. The molecule has 112 valence electrons. The van der Waals surface area contributed by atoms with Crippen LogP contribution in [0.4, 0.5) is 5.82 Å². The first-order chi connectivity index (χ1) is 9.67. The van der Waals surface area contributed by atoms with Crippen LogP contribution in [0.2, 0.25) is 0 Å². The van der Waals surface area contributed by atoms with E-state index in [0.29, 0.717) is 5.92 Å². The molecule has 1 aromatic heterocycles. The first-order valence-electron chi connectivity index (χ1n) is 7.47. The lowest BCUT2D eigenvalue weighted by Crippen LogP contribution is -2.47. The van der Waals surface area contributed by atoms with Crippen molar-refractivity contribution in [1.82, 2.24) is 14.8 Å². The third kappa shape index (κ3) is 5.04. The van der Waals surface area contributed by atoms with E-state index in [9.17, 15) is 0 Å². The van der Waals surface area contributed by atoms with Gasteiger partial charge < -0.3 is 15.1 Å². The van der Waals surface area contributed by atoms with E-state index in [2.05, 4.69) is 49.9 Å². The molecule has 0 saturated carbocycles. The molecule has 0 aromatic carbocycles. The number of nitrogens with zero attached hydrogens (tertiary/aromatic N) is 3. The summed E-state index contributed by atoms with van der Waals surface area (Å²) in [6, 6.07) is 4.03. The summed E-state index contributed by atoms with van der Waals surface area (Å²) in [5, 5.41) is 3.41. The maximum atomic E-state index is 4.34. The second-order valence-corrected chi connectivity index (χ2v) is 6.50. The summed E-state index contributed by atoms with van der Waals surface area (Å²) in [4.78, 5) is 9.44. The predicted molar refractivity (Wildman–Crippen MR) is 88.1 cm³/mol. The highest BCUT2D eigenvalue weighted by Gasteiger charge is 2.17. The number of anilines is 1. The average Bonchev–Trinajstić information content (AvgIpc) is 2.47. The van der Waals surface area contributed by atoms with Crippen LogP contribution in [0, 0.1) is 5.92 Å². The molecular weight excluding hydrogens is 316 g/mol. The third-order valence-corrected chi connectivity index (χ3v) is 4.31. The summed E-state index contributed by atoms with van der Waals surface area (Å²) in [7, 11) is 0. The molecular formula is C15H25BrN4. The summed E-state index contributed by atoms with van der Waals surface area (Å²) in [5.41, 5.74) is 0. The van der Waals surface area contributed by atoms with Gasteiger partial charge in [-0.05, 0) is 40.5 Å². The Morgan fingerprint density at radius 2 is 1.95 bits per heavy atom. The molecule has 1 saturated heterocycles. The van der Waals surface area contributed by atoms with Gasteiger partial charge in [0.2, 0.25) is 0 Å². The SMILES string of the molecule is CCN1CCN(C[C@H](C)CNc2ccc(Br)cn2)CC1. The minimum absolute atomic E-state index is 0.633. The van der Waals surface area contributed by atoms with Crippen molar-refractivity contribution in [3.05, 3.63) is 22.8 Å². The highest BCUT2D eigenvalue weighted by molar-refractivity contribution is 9.10. The molecule has 1 fully saturated rings. The second-order valence-electron chi connectivity index (χ2n) is 5.58. The van der Waals surface area contributed by atoms with Crippen molar-refractivity contribution in [2.75, 3.05) is 51.1 Å². The first kappa shape index (κ1) is 15.7. The van der Waals surface area contributed by atoms with Crippen molar-refractivity contribution >= 4 is 21.7 Å². The first-order valence-corrected chi connectivity index (χ1v) is 8.27. The molecule has 0 aliphatic carbocycles. The number of aromatic nitrogens is 1. The zero-order valence-electron chi connectivity index (χ0n) is 12.5. The fourth-order valence-corrected chi connectivity index (χ4v) is 2.79. The van der Waals surface area contributed by atoms with E-state index in [4.69, 9.17) is 0 Å². The van der Waals surface area contributed by atoms with E-state index in [1.807, 2.05) is 18.3 Å². The van der Waals surface area contributed by atoms with Crippen LogP contribution >= 0.6 is 15.9 Å². The van der Waals surface area contributed by atoms with Crippen LogP contribution in [-0.4, -0.2) is 60.6 Å². The number of piperazine rings is 1. The van der Waals surface area contributed by atoms with Gasteiger partial charge in [-0.2, -0.15) is 0 Å². The van der Waals surface area contributed by atoms with Crippen LogP contribution in [0.1, 0.15) is 13.8 Å². The number of rotatable bonds is 6. The Kier molecular flexibility index (Phi) is 6.26. The molecule has 0 spiro atoms. The largest absolute Gasteiger partial charge is 0.370 e. The molecule has 1 N–H and O–H groups in total. The van der Waals surface area contributed by atoms with Crippen molar-refractivity contribution in [3.63, 3.8) is 0 Å². The van der Waals surface area contributed by atoms with Gasteiger partial charge in [0.1, 0.15) is 5.82 Å². The highest BCUT2D eigenvalue weighted by Crippen LogP contribution is 2.11. The smallest absolute Gasteiger partial charge is 0.125 e. The second kappa shape index (κ2) is 7.96. The molecule has 2 heterocycles. The molecule has 0 bridgehead atoms. The molecule has 0 amide bonds. The topological polar surface area (TPSA) is 31.4 Å². The fraction of sp³-hybridized carbons (Fsp3) is 0.667. The van der Waals surface area contributed by atoms with Gasteiger partial charge in [-0.25, -0.2) is 4.98 Å². The molecule has 20 heavy (non-hydrogen) atoms. The Bertz CT molecular complexity index is 387. The summed E-state index contributed by atoms with van der Waals surface area (Å²) in [6.07, 6.45) is 1.83. The molecule has 1 aromatic rings. The van der Waals surface area contributed by atoms with Crippen molar-refractivity contribution in [3.8, 4) is 0 Å². The Balaban J connectivity index is 1.68. The third-order valence-electron chi connectivity index (χ3n) is 3.84. The zero-order valence-corrected chi connectivity index (χ0v) is 14.1. The van der Waals surface area contributed by atoms with E-state index in [1.165, 1.54) is 39.3 Å². The van der Waals surface area contributed by atoms with Gasteiger partial charge in [-0.3, -0.25) is 0 Å². The van der Waals surface area contributed by atoms with Gasteiger partial charge in [0.05, 0.1) is 0 Å². The zero-order chi connectivity index (χ0) is 14.4. The predicted octanol–water partition coefficient (Wildman–Crippen LogP) is 2.53. The number of hydrogen-bond acceptors (Lipinski definition) is 4. The van der Waals surface area contributed by atoms with Gasteiger partial charge in [0.25, 0.3) is 0 Å². The molecule has 0 radical (unpaired) electrons. The average molecular weight is 341 g/mol. The minimum atomic E-state index is 0.633. The number of nitrogens with one attached hydrogen (secondary N) is 1. The molecule has 1 aliphatic rings. The van der Waals surface area contributed by atoms with Crippen LogP contribution in [0.3, 0.4) is 0 Å². The monoisotopic (exact) mass is 340 g/mol. The molecule has 1 atom stereocenters. The van der Waals surface area contributed by atoms with E-state index < -0.39 is 0 Å². The molecule has 0 unspecified atom stereocenters. The van der Waals surface area contributed by atoms with E-state index >= 15 is 0 Å². The van der Waals surface area contributed by atoms with Gasteiger partial charge in [-0.15, -0.1) is 0 Å². The number of halogens is 1. The van der Waals surface area contributed by atoms with Crippen LogP contribution in [-0.2, 0) is 0 Å². The molecule has 1 aliphatic heterocycles. The summed E-state index contributed by atoms with van der Waals surface area (Å²) >= 11 is 3.40. The Morgan fingerprint density at radius 1 is 1.25 bits per heavy atom. The Labute approximate surface area is 130 Å². The Morgan fingerprint density at radius 3 is 2.55 bits per heavy atom. The highest BCUT2D eigenvalue weighted by atomic mass is 79.9. The van der Waals surface area contributed by atoms with E-state index in [1.54, 1.807) is 0 Å². The summed E-state index contributed by atoms with van der Waals surface area (Å²) in [6.45, 7) is 12.7. The lowest BCUT2D eigenvalue weighted by atomic mass is 10.1. The van der Waals surface area contributed by atoms with Gasteiger partial charge in [-0.1, -0.05) is 13.8 Å². The van der Waals surface area contributed by atoms with Crippen LogP contribution in [0.5, 0.6) is 0 Å². The van der Waals surface area contributed by atoms with E-state index in [-0.39, 0.29) is 0 Å². The van der Waals surface area contributed by atoms with E-state index in [0.717, 1.165) is 16.8 Å². The van der Waals surface area contributed by atoms with Crippen molar-refractivity contribution < 1.29 is 0 Å². The molecule has 4 nitrogen and oxygen atoms in total. The molecule has 5 heteroatoms. The maximum Gasteiger partial charge on any atom is 0.125 e. The van der Waals surface area contributed by atoms with Crippen LogP contribution in [0.25, 0.3) is 0 Å². The maximum absolute atomic E-state index is 4.34. The Hall–Kier alpha value is -0.650. The van der Waals surface area contributed by atoms with Gasteiger partial charge in [0, 0.05) is 49.9 Å². The van der Waals surface area contributed by atoms with Crippen molar-refractivity contribution in [2.45, 2.75) is 13.8 Å². The lowest BCUT2D eigenvalue weighted by molar-refractivity contribution is 0.126. The van der Waals surface area contributed by atoms with Crippen LogP contribution < -0.4 is 5.32 Å². The van der Waals surface area contributed by atoms with Crippen molar-refractivity contribution in [1.29, 1.82) is 0 Å². The number of likely N-dealkylation sites (N-methyl/N-ethyl adjacent to an activating group) is 1. The lowest BCUT2D eigenvalue weighted by Gasteiger charge is -2.35. The number of hydrogen-bond donors (Lipinski definition) is 1. The fourth-order valence-electron chi connectivity index (χ4n) is 2.55. The van der Waals surface area contributed by atoms with Gasteiger partial charge in [0.15, 0.2) is 0 Å². The summed E-state index contributed by atoms with van der Waals surface area (Å²) in [5.74, 6) is 1.59. The quantitative estimate of drug-likeness (QED) is 0.862. The van der Waals surface area contributed by atoms with Crippen LogP contribution in [0.15, 0.2) is 22.8 Å². The standard InChI is InChI=1S/C15H25BrN4/c1-3-19-6-8-20(9-7-19)12-13(2)10-17-15-5-4-14(16)11-18-15/h4-5,11,13H,3,6-10,12H2,1-2H3,(H,17,18)/t13-/m1/s1.